The normalized spacial score (nSPS) is 12.0. The highest BCUT2D eigenvalue weighted by Gasteiger charge is 2.23. The Hall–Kier alpha value is -0.450. The van der Waals surface area contributed by atoms with Crippen LogP contribution in [0.1, 0.15) is 37.4 Å². The first-order valence-electron chi connectivity index (χ1n) is 6.47. The lowest BCUT2D eigenvalue weighted by Crippen LogP contribution is -2.40. The fourth-order valence-electron chi connectivity index (χ4n) is 1.95. The van der Waals surface area contributed by atoms with Gasteiger partial charge in [-0.05, 0) is 31.7 Å². The van der Waals surface area contributed by atoms with Gasteiger partial charge in [-0.1, -0.05) is 13.8 Å². The zero-order valence-corrected chi connectivity index (χ0v) is 12.1. The van der Waals surface area contributed by atoms with Gasteiger partial charge in [-0.3, -0.25) is 0 Å². The van der Waals surface area contributed by atoms with Crippen LogP contribution in [0.15, 0.2) is 5.38 Å². The second-order valence-corrected chi connectivity index (χ2v) is 5.76. The third-order valence-electron chi connectivity index (χ3n) is 3.66. The standard InChI is InChI=1S/C13H25N3S/c1-4-13(5-2,9-14)10-15-7-6-12-8-17-11(3)16-12/h8,15H,4-7,9-10,14H2,1-3H3. The number of aromatic nitrogens is 1. The quantitative estimate of drug-likeness (QED) is 0.701. The highest BCUT2D eigenvalue weighted by Crippen LogP contribution is 2.23. The number of rotatable bonds is 8. The molecular formula is C13H25N3S. The Bertz CT molecular complexity index is 310. The highest BCUT2D eigenvalue weighted by atomic mass is 32.1. The van der Waals surface area contributed by atoms with Crippen LogP contribution in [0.5, 0.6) is 0 Å². The van der Waals surface area contributed by atoms with Crippen molar-refractivity contribution in [2.24, 2.45) is 11.1 Å². The first-order chi connectivity index (χ1) is 8.15. The Morgan fingerprint density at radius 3 is 2.59 bits per heavy atom. The molecule has 0 unspecified atom stereocenters. The zero-order chi connectivity index (χ0) is 12.7. The van der Waals surface area contributed by atoms with Crippen LogP contribution in [-0.2, 0) is 6.42 Å². The summed E-state index contributed by atoms with van der Waals surface area (Å²) in [5.41, 5.74) is 7.35. The molecule has 1 aromatic heterocycles. The molecule has 0 bridgehead atoms. The molecule has 3 N–H and O–H groups in total. The number of hydrogen-bond donors (Lipinski definition) is 2. The number of nitrogens with zero attached hydrogens (tertiary/aromatic N) is 1. The van der Waals surface area contributed by atoms with E-state index < -0.39 is 0 Å². The van der Waals surface area contributed by atoms with Gasteiger partial charge in [-0.2, -0.15) is 0 Å². The maximum absolute atomic E-state index is 5.87. The van der Waals surface area contributed by atoms with Crippen LogP contribution in [0.25, 0.3) is 0 Å². The second kappa shape index (κ2) is 7.09. The molecule has 0 aliphatic carbocycles. The maximum atomic E-state index is 5.87. The van der Waals surface area contributed by atoms with Crippen molar-refractivity contribution in [3.05, 3.63) is 16.1 Å². The number of nitrogens with one attached hydrogen (secondary N) is 1. The van der Waals surface area contributed by atoms with Gasteiger partial charge in [0.25, 0.3) is 0 Å². The van der Waals surface area contributed by atoms with Gasteiger partial charge in [-0.15, -0.1) is 11.3 Å². The molecule has 17 heavy (non-hydrogen) atoms. The molecule has 0 aliphatic heterocycles. The van der Waals surface area contributed by atoms with E-state index in [4.69, 9.17) is 5.73 Å². The molecule has 0 radical (unpaired) electrons. The first-order valence-corrected chi connectivity index (χ1v) is 7.35. The van der Waals surface area contributed by atoms with E-state index in [1.807, 2.05) is 0 Å². The predicted molar refractivity (Wildman–Crippen MR) is 75.5 cm³/mol. The van der Waals surface area contributed by atoms with Gasteiger partial charge in [0.1, 0.15) is 0 Å². The molecule has 0 amide bonds. The Kier molecular flexibility index (Phi) is 6.09. The molecule has 0 saturated heterocycles. The molecule has 0 saturated carbocycles. The topological polar surface area (TPSA) is 50.9 Å². The van der Waals surface area contributed by atoms with E-state index in [2.05, 4.69) is 36.5 Å². The fraction of sp³-hybridized carbons (Fsp3) is 0.769. The van der Waals surface area contributed by atoms with Gasteiger partial charge in [0.2, 0.25) is 0 Å². The van der Waals surface area contributed by atoms with Crippen molar-refractivity contribution in [3.8, 4) is 0 Å². The van der Waals surface area contributed by atoms with E-state index in [0.717, 1.165) is 43.9 Å². The minimum Gasteiger partial charge on any atom is -0.330 e. The van der Waals surface area contributed by atoms with Gasteiger partial charge in [-0.25, -0.2) is 4.98 Å². The van der Waals surface area contributed by atoms with Gasteiger partial charge in [0, 0.05) is 24.9 Å². The maximum Gasteiger partial charge on any atom is 0.0897 e. The Morgan fingerprint density at radius 2 is 2.12 bits per heavy atom. The number of aryl methyl sites for hydroxylation is 1. The van der Waals surface area contributed by atoms with Crippen molar-refractivity contribution >= 4 is 11.3 Å². The van der Waals surface area contributed by atoms with Crippen LogP contribution in [0.2, 0.25) is 0 Å². The molecule has 98 valence electrons. The minimum atomic E-state index is 0.276. The van der Waals surface area contributed by atoms with E-state index in [1.54, 1.807) is 11.3 Å². The number of nitrogens with two attached hydrogens (primary N) is 1. The van der Waals surface area contributed by atoms with Crippen molar-refractivity contribution in [2.45, 2.75) is 40.0 Å². The summed E-state index contributed by atoms with van der Waals surface area (Å²) in [6.45, 7) is 9.27. The third kappa shape index (κ3) is 4.37. The van der Waals surface area contributed by atoms with Crippen LogP contribution in [0, 0.1) is 12.3 Å². The monoisotopic (exact) mass is 255 g/mol. The van der Waals surface area contributed by atoms with E-state index in [1.165, 1.54) is 5.69 Å². The summed E-state index contributed by atoms with van der Waals surface area (Å²) < 4.78 is 0. The Morgan fingerprint density at radius 1 is 1.41 bits per heavy atom. The average molecular weight is 255 g/mol. The molecule has 1 rings (SSSR count). The summed E-state index contributed by atoms with van der Waals surface area (Å²) in [5, 5.41) is 6.82. The summed E-state index contributed by atoms with van der Waals surface area (Å²) in [5.74, 6) is 0. The van der Waals surface area contributed by atoms with E-state index in [-0.39, 0.29) is 5.41 Å². The van der Waals surface area contributed by atoms with Crippen LogP contribution in [0.4, 0.5) is 0 Å². The van der Waals surface area contributed by atoms with Crippen LogP contribution >= 0.6 is 11.3 Å². The summed E-state index contributed by atoms with van der Waals surface area (Å²) in [4.78, 5) is 4.46. The Labute approximate surface area is 109 Å². The molecule has 1 heterocycles. The highest BCUT2D eigenvalue weighted by molar-refractivity contribution is 7.09. The average Bonchev–Trinajstić information content (AvgIpc) is 2.76. The van der Waals surface area contributed by atoms with Crippen LogP contribution < -0.4 is 11.1 Å². The molecule has 0 fully saturated rings. The van der Waals surface area contributed by atoms with Crippen molar-refractivity contribution in [1.29, 1.82) is 0 Å². The fourth-order valence-corrected chi connectivity index (χ4v) is 2.60. The smallest absolute Gasteiger partial charge is 0.0897 e. The van der Waals surface area contributed by atoms with Gasteiger partial charge < -0.3 is 11.1 Å². The molecule has 0 spiro atoms. The first kappa shape index (κ1) is 14.6. The third-order valence-corrected chi connectivity index (χ3v) is 4.48. The second-order valence-electron chi connectivity index (χ2n) is 4.70. The number of thiazole rings is 1. The summed E-state index contributed by atoms with van der Waals surface area (Å²) in [6.07, 6.45) is 3.30. The number of hydrogen-bond acceptors (Lipinski definition) is 4. The van der Waals surface area contributed by atoms with Gasteiger partial charge in [0.05, 0.1) is 10.7 Å². The van der Waals surface area contributed by atoms with E-state index in [9.17, 15) is 0 Å². The van der Waals surface area contributed by atoms with Crippen molar-refractivity contribution in [2.75, 3.05) is 19.6 Å². The predicted octanol–water partition coefficient (Wildman–Crippen LogP) is 2.35. The largest absolute Gasteiger partial charge is 0.330 e. The molecule has 3 nitrogen and oxygen atoms in total. The minimum absolute atomic E-state index is 0.276. The van der Waals surface area contributed by atoms with Gasteiger partial charge >= 0.3 is 0 Å². The lowest BCUT2D eigenvalue weighted by Gasteiger charge is -2.30. The van der Waals surface area contributed by atoms with Gasteiger partial charge in [0.15, 0.2) is 0 Å². The summed E-state index contributed by atoms with van der Waals surface area (Å²) >= 11 is 1.72. The lowest BCUT2D eigenvalue weighted by atomic mass is 9.82. The lowest BCUT2D eigenvalue weighted by molar-refractivity contribution is 0.260. The van der Waals surface area contributed by atoms with Crippen molar-refractivity contribution in [1.82, 2.24) is 10.3 Å². The SMILES string of the molecule is CCC(CC)(CN)CNCCc1csc(C)n1. The summed E-state index contributed by atoms with van der Waals surface area (Å²) in [6, 6.07) is 0. The summed E-state index contributed by atoms with van der Waals surface area (Å²) in [7, 11) is 0. The van der Waals surface area contributed by atoms with E-state index in [0.29, 0.717) is 0 Å². The molecule has 1 aromatic rings. The van der Waals surface area contributed by atoms with Crippen molar-refractivity contribution in [3.63, 3.8) is 0 Å². The van der Waals surface area contributed by atoms with E-state index >= 15 is 0 Å². The zero-order valence-electron chi connectivity index (χ0n) is 11.3. The van der Waals surface area contributed by atoms with Crippen molar-refractivity contribution < 1.29 is 0 Å². The molecular weight excluding hydrogens is 230 g/mol. The molecule has 0 aliphatic rings. The molecule has 4 heteroatoms. The van der Waals surface area contributed by atoms with Crippen LogP contribution in [-0.4, -0.2) is 24.6 Å². The molecule has 0 atom stereocenters. The molecule has 0 aromatic carbocycles. The Balaban J connectivity index is 2.27. The van der Waals surface area contributed by atoms with Crippen LogP contribution in [0.3, 0.4) is 0 Å².